The maximum Gasteiger partial charge on any atom is 0.242 e. The fourth-order valence-electron chi connectivity index (χ4n) is 2.69. The first-order valence-corrected chi connectivity index (χ1v) is 6.97. The Morgan fingerprint density at radius 3 is 2.71 bits per heavy atom. The molecule has 2 rings (SSSR count). The summed E-state index contributed by atoms with van der Waals surface area (Å²) < 4.78 is 5.16. The second-order valence-corrected chi connectivity index (χ2v) is 5.85. The van der Waals surface area contributed by atoms with Crippen molar-refractivity contribution in [2.24, 2.45) is 0 Å². The summed E-state index contributed by atoms with van der Waals surface area (Å²) in [5.74, 6) is 0.706. The van der Waals surface area contributed by atoms with Gasteiger partial charge in [-0.3, -0.25) is 9.69 Å². The topological polar surface area (TPSA) is 56.6 Å². The van der Waals surface area contributed by atoms with E-state index in [0.29, 0.717) is 17.9 Å². The average molecular weight is 287 g/mol. The van der Waals surface area contributed by atoms with Gasteiger partial charge in [-0.15, -0.1) is 0 Å². The van der Waals surface area contributed by atoms with Gasteiger partial charge in [0.1, 0.15) is 11.8 Å². The molecule has 0 spiro atoms. The summed E-state index contributed by atoms with van der Waals surface area (Å²) in [7, 11) is 3.39. The molecule has 0 bridgehead atoms. The minimum atomic E-state index is -0.528. The van der Waals surface area contributed by atoms with Crippen LogP contribution >= 0.6 is 0 Å². The number of carbonyl (C=O) groups is 1. The van der Waals surface area contributed by atoms with Crippen molar-refractivity contribution < 1.29 is 9.53 Å². The predicted molar refractivity (Wildman–Crippen MR) is 79.8 cm³/mol. The molecule has 0 aromatic heterocycles. The highest BCUT2D eigenvalue weighted by Crippen LogP contribution is 2.26. The third kappa shape index (κ3) is 2.86. The summed E-state index contributed by atoms with van der Waals surface area (Å²) >= 11 is 0. The molecular weight excluding hydrogens is 266 g/mol. The molecule has 0 N–H and O–H groups in total. The monoisotopic (exact) mass is 287 g/mol. The number of carbonyl (C=O) groups excluding carboxylic acids is 1. The Kier molecular flexibility index (Phi) is 4.19. The van der Waals surface area contributed by atoms with Gasteiger partial charge in [0.05, 0.1) is 18.2 Å². The fraction of sp³-hybridized carbons (Fsp3) is 0.500. The molecule has 1 aliphatic rings. The highest BCUT2D eigenvalue weighted by Gasteiger charge is 2.40. The van der Waals surface area contributed by atoms with Gasteiger partial charge in [0.2, 0.25) is 5.91 Å². The molecule has 0 radical (unpaired) electrons. The summed E-state index contributed by atoms with van der Waals surface area (Å²) in [5.41, 5.74) is 1.01. The minimum absolute atomic E-state index is 0.128. The summed E-state index contributed by atoms with van der Waals surface area (Å²) in [4.78, 5) is 16.2. The van der Waals surface area contributed by atoms with Crippen molar-refractivity contribution in [1.82, 2.24) is 9.80 Å². The highest BCUT2D eigenvalue weighted by atomic mass is 16.5. The first-order chi connectivity index (χ1) is 9.90. The molecule has 0 saturated carbocycles. The van der Waals surface area contributed by atoms with Crippen LogP contribution in [0.4, 0.5) is 0 Å². The summed E-state index contributed by atoms with van der Waals surface area (Å²) in [6, 6.07) is 7.72. The van der Waals surface area contributed by atoms with Gasteiger partial charge in [0.25, 0.3) is 0 Å². The SMILES string of the molecule is COc1ccc(CN2CCN(C)C(=O)C2(C)C)cc1C#N. The molecule has 0 aliphatic carbocycles. The van der Waals surface area contributed by atoms with Gasteiger partial charge in [-0.25, -0.2) is 0 Å². The molecule has 1 heterocycles. The van der Waals surface area contributed by atoms with E-state index in [1.807, 2.05) is 33.0 Å². The van der Waals surface area contributed by atoms with E-state index in [9.17, 15) is 4.79 Å². The molecule has 1 saturated heterocycles. The normalized spacial score (nSPS) is 18.4. The van der Waals surface area contributed by atoms with E-state index in [-0.39, 0.29) is 5.91 Å². The van der Waals surface area contributed by atoms with Crippen molar-refractivity contribution in [3.8, 4) is 11.8 Å². The Hall–Kier alpha value is -2.06. The Labute approximate surface area is 125 Å². The number of rotatable bonds is 3. The van der Waals surface area contributed by atoms with E-state index >= 15 is 0 Å². The zero-order valence-electron chi connectivity index (χ0n) is 13.0. The lowest BCUT2D eigenvalue weighted by Crippen LogP contribution is -2.61. The third-order valence-electron chi connectivity index (χ3n) is 4.12. The van der Waals surface area contributed by atoms with Crippen molar-refractivity contribution in [2.45, 2.75) is 25.9 Å². The van der Waals surface area contributed by atoms with Crippen LogP contribution in [0.3, 0.4) is 0 Å². The van der Waals surface area contributed by atoms with Gasteiger partial charge < -0.3 is 9.64 Å². The van der Waals surface area contributed by atoms with Crippen LogP contribution in [-0.4, -0.2) is 48.5 Å². The molecule has 1 aromatic carbocycles. The summed E-state index contributed by atoms with van der Waals surface area (Å²) in [6.07, 6.45) is 0. The molecule has 1 aromatic rings. The number of amides is 1. The number of nitriles is 1. The zero-order chi connectivity index (χ0) is 15.6. The van der Waals surface area contributed by atoms with Gasteiger partial charge in [-0.05, 0) is 31.5 Å². The summed E-state index contributed by atoms with van der Waals surface area (Å²) in [5, 5.41) is 9.15. The van der Waals surface area contributed by atoms with E-state index in [2.05, 4.69) is 11.0 Å². The minimum Gasteiger partial charge on any atom is -0.495 e. The molecule has 21 heavy (non-hydrogen) atoms. The number of methoxy groups -OCH3 is 1. The Balaban J connectivity index is 2.22. The van der Waals surface area contributed by atoms with Crippen LogP contribution in [0.2, 0.25) is 0 Å². The molecule has 1 amide bonds. The first-order valence-electron chi connectivity index (χ1n) is 6.97. The van der Waals surface area contributed by atoms with Gasteiger partial charge in [-0.1, -0.05) is 6.07 Å². The Morgan fingerprint density at radius 2 is 2.10 bits per heavy atom. The number of likely N-dealkylation sites (N-methyl/N-ethyl adjacent to an activating group) is 1. The smallest absolute Gasteiger partial charge is 0.242 e. The molecule has 5 nitrogen and oxygen atoms in total. The Morgan fingerprint density at radius 1 is 1.38 bits per heavy atom. The van der Waals surface area contributed by atoms with Crippen molar-refractivity contribution in [3.05, 3.63) is 29.3 Å². The van der Waals surface area contributed by atoms with Crippen LogP contribution in [0.5, 0.6) is 5.75 Å². The average Bonchev–Trinajstić information content (AvgIpc) is 2.48. The van der Waals surface area contributed by atoms with E-state index in [4.69, 9.17) is 10.00 Å². The fourth-order valence-corrected chi connectivity index (χ4v) is 2.69. The van der Waals surface area contributed by atoms with Crippen molar-refractivity contribution in [2.75, 3.05) is 27.2 Å². The lowest BCUT2D eigenvalue weighted by atomic mass is 9.96. The molecule has 112 valence electrons. The first kappa shape index (κ1) is 15.3. The van der Waals surface area contributed by atoms with Gasteiger partial charge in [0.15, 0.2) is 0 Å². The number of piperazine rings is 1. The van der Waals surface area contributed by atoms with E-state index in [0.717, 1.165) is 18.7 Å². The number of hydrogen-bond acceptors (Lipinski definition) is 4. The maximum absolute atomic E-state index is 12.3. The van der Waals surface area contributed by atoms with E-state index in [1.165, 1.54) is 0 Å². The quantitative estimate of drug-likeness (QED) is 0.847. The molecule has 1 fully saturated rings. The van der Waals surface area contributed by atoms with Crippen LogP contribution in [-0.2, 0) is 11.3 Å². The lowest BCUT2D eigenvalue weighted by Gasteiger charge is -2.44. The second kappa shape index (κ2) is 5.74. The predicted octanol–water partition coefficient (Wildman–Crippen LogP) is 1.62. The molecule has 1 aliphatic heterocycles. The van der Waals surface area contributed by atoms with Crippen LogP contribution in [0, 0.1) is 11.3 Å². The van der Waals surface area contributed by atoms with Crippen molar-refractivity contribution >= 4 is 5.91 Å². The number of ether oxygens (including phenoxy) is 1. The van der Waals surface area contributed by atoms with Crippen LogP contribution in [0.15, 0.2) is 18.2 Å². The number of hydrogen-bond donors (Lipinski definition) is 0. The lowest BCUT2D eigenvalue weighted by molar-refractivity contribution is -0.147. The van der Waals surface area contributed by atoms with Gasteiger partial charge >= 0.3 is 0 Å². The standard InChI is InChI=1S/C16H21N3O2/c1-16(2)15(20)18(3)7-8-19(16)11-12-5-6-14(21-4)13(9-12)10-17/h5-6,9H,7-8,11H2,1-4H3. The third-order valence-corrected chi connectivity index (χ3v) is 4.12. The zero-order valence-corrected chi connectivity index (χ0v) is 13.0. The number of benzene rings is 1. The van der Waals surface area contributed by atoms with Crippen LogP contribution < -0.4 is 4.74 Å². The number of nitrogens with zero attached hydrogens (tertiary/aromatic N) is 3. The van der Waals surface area contributed by atoms with Gasteiger partial charge in [0, 0.05) is 26.7 Å². The van der Waals surface area contributed by atoms with Crippen LogP contribution in [0.1, 0.15) is 25.0 Å². The van der Waals surface area contributed by atoms with Crippen molar-refractivity contribution in [1.29, 1.82) is 5.26 Å². The van der Waals surface area contributed by atoms with Crippen molar-refractivity contribution in [3.63, 3.8) is 0 Å². The molecule has 5 heteroatoms. The molecule has 0 unspecified atom stereocenters. The summed E-state index contributed by atoms with van der Waals surface area (Å²) in [6.45, 7) is 6.08. The second-order valence-electron chi connectivity index (χ2n) is 5.85. The molecular formula is C16H21N3O2. The Bertz CT molecular complexity index is 590. The van der Waals surface area contributed by atoms with Crippen LogP contribution in [0.25, 0.3) is 0 Å². The largest absolute Gasteiger partial charge is 0.495 e. The molecule has 0 atom stereocenters. The highest BCUT2D eigenvalue weighted by molar-refractivity contribution is 5.86. The van der Waals surface area contributed by atoms with E-state index in [1.54, 1.807) is 18.1 Å². The maximum atomic E-state index is 12.3. The van der Waals surface area contributed by atoms with Gasteiger partial charge in [-0.2, -0.15) is 5.26 Å². The van der Waals surface area contributed by atoms with E-state index < -0.39 is 5.54 Å².